The van der Waals surface area contributed by atoms with Crippen LogP contribution in [0, 0.1) is 0 Å². The number of nitrogens with one attached hydrogen (secondary N) is 1. The van der Waals surface area contributed by atoms with Crippen LogP contribution < -0.4 is 5.32 Å². The van der Waals surface area contributed by atoms with Crippen molar-refractivity contribution in [2.24, 2.45) is 0 Å². The van der Waals surface area contributed by atoms with Gasteiger partial charge in [0.25, 0.3) is 0 Å². The van der Waals surface area contributed by atoms with Crippen molar-refractivity contribution in [2.45, 2.75) is 24.0 Å². The van der Waals surface area contributed by atoms with Gasteiger partial charge >= 0.3 is 0 Å². The van der Waals surface area contributed by atoms with Crippen LogP contribution in [-0.2, 0) is 9.53 Å². The highest BCUT2D eigenvalue weighted by atomic mass is 32.2. The normalized spacial score (nSPS) is 23.0. The van der Waals surface area contributed by atoms with Gasteiger partial charge in [-0.3, -0.25) is 9.69 Å². The summed E-state index contributed by atoms with van der Waals surface area (Å²) < 4.78 is 5.48. The van der Waals surface area contributed by atoms with Crippen molar-refractivity contribution in [3.8, 4) is 0 Å². The lowest BCUT2D eigenvalue weighted by atomic mass is 10.2. The van der Waals surface area contributed by atoms with Crippen molar-refractivity contribution >= 4 is 23.4 Å². The molecule has 1 aliphatic rings. The Morgan fingerprint density at radius 1 is 1.52 bits per heavy atom. The van der Waals surface area contributed by atoms with E-state index in [1.165, 1.54) is 0 Å². The van der Waals surface area contributed by atoms with E-state index in [4.69, 9.17) is 4.74 Å². The van der Waals surface area contributed by atoms with E-state index in [1.54, 1.807) is 11.8 Å². The summed E-state index contributed by atoms with van der Waals surface area (Å²) in [4.78, 5) is 15.3. The van der Waals surface area contributed by atoms with E-state index in [0.29, 0.717) is 19.7 Å². The maximum absolute atomic E-state index is 12.2. The lowest BCUT2D eigenvalue weighted by Crippen LogP contribution is -2.51. The fourth-order valence-corrected chi connectivity index (χ4v) is 2.88. The van der Waals surface area contributed by atoms with Crippen molar-refractivity contribution in [3.05, 3.63) is 24.3 Å². The molecule has 1 aromatic carbocycles. The number of carbonyl (C=O) groups is 1. The maximum atomic E-state index is 12.2. The number of benzene rings is 1. The molecule has 0 bridgehead atoms. The van der Waals surface area contributed by atoms with E-state index in [2.05, 4.69) is 5.32 Å². The summed E-state index contributed by atoms with van der Waals surface area (Å²) >= 11 is 1.61. The monoisotopic (exact) mass is 310 g/mol. The minimum atomic E-state index is -0.201. The number of rotatable bonds is 5. The van der Waals surface area contributed by atoms with Gasteiger partial charge in [0.2, 0.25) is 5.91 Å². The summed E-state index contributed by atoms with van der Waals surface area (Å²) in [6.45, 7) is 3.44. The minimum Gasteiger partial charge on any atom is -0.394 e. The Labute approximate surface area is 129 Å². The van der Waals surface area contributed by atoms with Crippen molar-refractivity contribution in [3.63, 3.8) is 0 Å². The van der Waals surface area contributed by atoms with Gasteiger partial charge in [0.05, 0.1) is 31.5 Å². The standard InChI is InChI=1S/C15H22N2O3S/c1-11-10-20-12(9-18)7-17(11)8-15(19)16-13-5-3-4-6-14(13)21-2/h3-6,11-12,18H,7-10H2,1-2H3,(H,16,19). The molecular formula is C15H22N2O3S. The number of hydrogen-bond donors (Lipinski definition) is 2. The Morgan fingerprint density at radius 2 is 2.29 bits per heavy atom. The maximum Gasteiger partial charge on any atom is 0.238 e. The Kier molecular flexibility index (Phi) is 6.05. The van der Waals surface area contributed by atoms with Crippen LogP contribution in [0.1, 0.15) is 6.92 Å². The quantitative estimate of drug-likeness (QED) is 0.806. The lowest BCUT2D eigenvalue weighted by Gasteiger charge is -2.36. The molecule has 1 aromatic rings. The molecule has 2 unspecified atom stereocenters. The fourth-order valence-electron chi connectivity index (χ4n) is 2.33. The third-order valence-electron chi connectivity index (χ3n) is 3.57. The molecule has 1 fully saturated rings. The van der Waals surface area contributed by atoms with Gasteiger partial charge in [0, 0.05) is 17.5 Å². The zero-order valence-corrected chi connectivity index (χ0v) is 13.2. The summed E-state index contributed by atoms with van der Waals surface area (Å²) in [5.74, 6) is -0.0399. The van der Waals surface area contributed by atoms with Gasteiger partial charge in [0.15, 0.2) is 0 Å². The van der Waals surface area contributed by atoms with Gasteiger partial charge < -0.3 is 15.2 Å². The average Bonchev–Trinajstić information content (AvgIpc) is 2.50. The third kappa shape index (κ3) is 4.44. The molecule has 6 heteroatoms. The van der Waals surface area contributed by atoms with E-state index in [1.807, 2.05) is 42.3 Å². The van der Waals surface area contributed by atoms with E-state index in [0.717, 1.165) is 10.6 Å². The molecule has 21 heavy (non-hydrogen) atoms. The lowest BCUT2D eigenvalue weighted by molar-refractivity contribution is -0.122. The van der Waals surface area contributed by atoms with Crippen LogP contribution in [0.3, 0.4) is 0 Å². The van der Waals surface area contributed by atoms with Crippen LogP contribution in [0.5, 0.6) is 0 Å². The SMILES string of the molecule is CSc1ccccc1NC(=O)CN1CC(CO)OCC1C. The second-order valence-corrected chi connectivity index (χ2v) is 6.01. The van der Waals surface area contributed by atoms with Crippen molar-refractivity contribution in [1.82, 2.24) is 4.90 Å². The number of aliphatic hydroxyl groups is 1. The second-order valence-electron chi connectivity index (χ2n) is 5.16. The van der Waals surface area contributed by atoms with Gasteiger partial charge in [-0.1, -0.05) is 12.1 Å². The highest BCUT2D eigenvalue weighted by molar-refractivity contribution is 7.98. The molecule has 0 radical (unpaired) electrons. The number of carbonyl (C=O) groups excluding carboxylic acids is 1. The summed E-state index contributed by atoms with van der Waals surface area (Å²) in [7, 11) is 0. The van der Waals surface area contributed by atoms with Crippen LogP contribution in [0.25, 0.3) is 0 Å². The van der Waals surface area contributed by atoms with E-state index >= 15 is 0 Å². The van der Waals surface area contributed by atoms with Crippen molar-refractivity contribution in [2.75, 3.05) is 37.9 Å². The molecule has 0 saturated carbocycles. The van der Waals surface area contributed by atoms with E-state index in [-0.39, 0.29) is 24.7 Å². The van der Waals surface area contributed by atoms with Crippen LogP contribution in [0.2, 0.25) is 0 Å². The zero-order valence-electron chi connectivity index (χ0n) is 12.4. The fraction of sp³-hybridized carbons (Fsp3) is 0.533. The molecule has 116 valence electrons. The number of anilines is 1. The van der Waals surface area contributed by atoms with Crippen LogP contribution >= 0.6 is 11.8 Å². The molecule has 0 aliphatic carbocycles. The number of nitrogens with zero attached hydrogens (tertiary/aromatic N) is 1. The first-order valence-electron chi connectivity index (χ1n) is 7.03. The van der Waals surface area contributed by atoms with Gasteiger partial charge in [-0.15, -0.1) is 11.8 Å². The molecule has 1 aliphatic heterocycles. The highest BCUT2D eigenvalue weighted by Crippen LogP contribution is 2.24. The van der Waals surface area contributed by atoms with Crippen LogP contribution in [-0.4, -0.2) is 60.6 Å². The molecule has 1 amide bonds. The topological polar surface area (TPSA) is 61.8 Å². The molecule has 1 heterocycles. The number of amides is 1. The molecular weight excluding hydrogens is 288 g/mol. The minimum absolute atomic E-state index is 0.0137. The molecule has 2 rings (SSSR count). The molecule has 0 spiro atoms. The summed E-state index contributed by atoms with van der Waals surface area (Å²) in [5, 5.41) is 12.1. The van der Waals surface area contributed by atoms with Crippen LogP contribution in [0.4, 0.5) is 5.69 Å². The third-order valence-corrected chi connectivity index (χ3v) is 4.36. The first kappa shape index (κ1) is 16.3. The summed E-state index contributed by atoms with van der Waals surface area (Å²) in [6.07, 6.45) is 1.79. The van der Waals surface area contributed by atoms with Gasteiger partial charge in [-0.25, -0.2) is 0 Å². The Bertz CT molecular complexity index is 484. The van der Waals surface area contributed by atoms with E-state index < -0.39 is 0 Å². The van der Waals surface area contributed by atoms with E-state index in [9.17, 15) is 9.90 Å². The molecule has 0 aromatic heterocycles. The number of thioether (sulfide) groups is 1. The largest absolute Gasteiger partial charge is 0.394 e. The molecule has 1 saturated heterocycles. The molecule has 5 nitrogen and oxygen atoms in total. The Morgan fingerprint density at radius 3 is 3.00 bits per heavy atom. The zero-order chi connectivity index (χ0) is 15.2. The van der Waals surface area contributed by atoms with Crippen LogP contribution in [0.15, 0.2) is 29.2 Å². The number of ether oxygens (including phenoxy) is 1. The van der Waals surface area contributed by atoms with Crippen molar-refractivity contribution < 1.29 is 14.6 Å². The predicted molar refractivity (Wildman–Crippen MR) is 84.7 cm³/mol. The van der Waals surface area contributed by atoms with Gasteiger partial charge in [0.1, 0.15) is 0 Å². The second kappa shape index (κ2) is 7.79. The number of morpholine rings is 1. The van der Waals surface area contributed by atoms with Gasteiger partial charge in [-0.2, -0.15) is 0 Å². The summed E-state index contributed by atoms with van der Waals surface area (Å²) in [5.41, 5.74) is 0.842. The number of aliphatic hydroxyl groups excluding tert-OH is 1. The summed E-state index contributed by atoms with van der Waals surface area (Å²) in [6, 6.07) is 7.93. The van der Waals surface area contributed by atoms with Crippen molar-refractivity contribution in [1.29, 1.82) is 0 Å². The Balaban J connectivity index is 1.94. The average molecular weight is 310 g/mol. The predicted octanol–water partition coefficient (Wildman–Crippen LogP) is 1.43. The molecule has 2 atom stereocenters. The number of para-hydroxylation sites is 1. The first-order chi connectivity index (χ1) is 10.1. The highest BCUT2D eigenvalue weighted by Gasteiger charge is 2.27. The first-order valence-corrected chi connectivity index (χ1v) is 8.26. The number of hydrogen-bond acceptors (Lipinski definition) is 5. The van der Waals surface area contributed by atoms with Gasteiger partial charge in [-0.05, 0) is 25.3 Å². The molecule has 2 N–H and O–H groups in total. The smallest absolute Gasteiger partial charge is 0.238 e. The Hall–Kier alpha value is -1.08.